The van der Waals surface area contributed by atoms with Gasteiger partial charge < -0.3 is 14.3 Å². The molecule has 0 aromatic carbocycles. The molecule has 0 saturated carbocycles. The Morgan fingerprint density at radius 2 is 2.04 bits per heavy atom. The number of carbonyl (C=O) groups excluding carboxylic acids is 2. The molecule has 8 nitrogen and oxygen atoms in total. The molecular weight excluding hydrogens is 346 g/mol. The average molecular weight is 369 g/mol. The molecule has 1 atom stereocenters. The molecule has 2 aliphatic heterocycles. The Bertz CT molecular complexity index is 886. The molecule has 0 radical (unpaired) electrons. The first kappa shape index (κ1) is 16.5. The largest absolute Gasteiger partial charge is 0.360 e. The lowest BCUT2D eigenvalue weighted by Gasteiger charge is -2.17. The minimum Gasteiger partial charge on any atom is -0.360 e. The molecule has 2 saturated heterocycles. The number of amides is 2. The quantitative estimate of drug-likeness (QED) is 0.826. The normalized spacial score (nSPS) is 22.5. The van der Waals surface area contributed by atoms with E-state index in [2.05, 4.69) is 10.3 Å². The summed E-state index contributed by atoms with van der Waals surface area (Å²) in [7, 11) is 0. The van der Waals surface area contributed by atoms with Gasteiger partial charge in [0.05, 0.1) is 17.9 Å². The monoisotopic (exact) mass is 369 g/mol. The van der Waals surface area contributed by atoms with E-state index in [1.165, 1.54) is 0 Å². The van der Waals surface area contributed by atoms with Crippen molar-refractivity contribution in [3.63, 3.8) is 0 Å². The average Bonchev–Trinajstić information content (AvgIpc) is 3.45. The summed E-state index contributed by atoms with van der Waals surface area (Å²) in [5, 5.41) is 8.53. The molecular formula is C19H23N5O3. The van der Waals surface area contributed by atoms with E-state index in [0.29, 0.717) is 25.2 Å². The lowest BCUT2D eigenvalue weighted by Crippen LogP contribution is -2.30. The van der Waals surface area contributed by atoms with Crippen LogP contribution in [0.3, 0.4) is 0 Å². The lowest BCUT2D eigenvalue weighted by molar-refractivity contribution is -0.117. The number of carbonyl (C=O) groups is 2. The van der Waals surface area contributed by atoms with Crippen LogP contribution in [0.15, 0.2) is 16.9 Å². The summed E-state index contributed by atoms with van der Waals surface area (Å²) in [6, 6.07) is 0.128. The molecule has 2 fully saturated rings. The van der Waals surface area contributed by atoms with Crippen LogP contribution in [0, 0.1) is 0 Å². The number of aromatic nitrogens is 3. The molecule has 0 spiro atoms. The molecule has 0 bridgehead atoms. The van der Waals surface area contributed by atoms with Gasteiger partial charge in [-0.1, -0.05) is 5.16 Å². The molecule has 142 valence electrons. The predicted octanol–water partition coefficient (Wildman–Crippen LogP) is 1.96. The number of fused-ring (bicyclic) bond motifs is 1. The fourth-order valence-electron chi connectivity index (χ4n) is 4.43. The second-order valence-electron chi connectivity index (χ2n) is 7.66. The molecule has 2 amide bonds. The predicted molar refractivity (Wildman–Crippen MR) is 96.5 cm³/mol. The van der Waals surface area contributed by atoms with Gasteiger partial charge in [0.25, 0.3) is 5.91 Å². The van der Waals surface area contributed by atoms with Crippen LogP contribution in [0.2, 0.25) is 0 Å². The number of rotatable bonds is 3. The van der Waals surface area contributed by atoms with Gasteiger partial charge in [-0.25, -0.2) is 0 Å². The van der Waals surface area contributed by atoms with E-state index < -0.39 is 0 Å². The van der Waals surface area contributed by atoms with E-state index in [1.54, 1.807) is 11.1 Å². The summed E-state index contributed by atoms with van der Waals surface area (Å²) in [5.74, 6) is 1.01. The van der Waals surface area contributed by atoms with Crippen LogP contribution in [0.25, 0.3) is 0 Å². The summed E-state index contributed by atoms with van der Waals surface area (Å²) in [6.07, 6.45) is 9.98. The van der Waals surface area contributed by atoms with Gasteiger partial charge in [0.2, 0.25) is 5.91 Å². The Morgan fingerprint density at radius 1 is 1.15 bits per heavy atom. The van der Waals surface area contributed by atoms with Gasteiger partial charge in [0.1, 0.15) is 5.76 Å². The van der Waals surface area contributed by atoms with E-state index in [-0.39, 0.29) is 17.9 Å². The molecule has 0 N–H and O–H groups in total. The third kappa shape index (κ3) is 2.83. The van der Waals surface area contributed by atoms with Gasteiger partial charge in [-0.05, 0) is 32.1 Å². The number of hydrogen-bond acceptors (Lipinski definition) is 5. The van der Waals surface area contributed by atoms with Crippen molar-refractivity contribution < 1.29 is 14.1 Å². The maximum Gasteiger partial charge on any atom is 0.276 e. The summed E-state index contributed by atoms with van der Waals surface area (Å²) < 4.78 is 7.29. The van der Waals surface area contributed by atoms with Crippen molar-refractivity contribution >= 4 is 17.5 Å². The topological polar surface area (TPSA) is 84.5 Å². The Hall–Kier alpha value is -2.64. The first-order chi connectivity index (χ1) is 13.2. The fraction of sp³-hybridized carbons (Fsp3) is 0.579. The number of nitrogens with zero attached hydrogens (tertiary/aromatic N) is 5. The van der Waals surface area contributed by atoms with Crippen LogP contribution in [0.1, 0.15) is 60.0 Å². The van der Waals surface area contributed by atoms with E-state index in [4.69, 9.17) is 4.52 Å². The summed E-state index contributed by atoms with van der Waals surface area (Å²) in [6.45, 7) is 2.05. The van der Waals surface area contributed by atoms with Crippen molar-refractivity contribution in [2.75, 3.05) is 24.5 Å². The number of aryl methyl sites for hydroxylation is 1. The highest BCUT2D eigenvalue weighted by atomic mass is 16.5. The summed E-state index contributed by atoms with van der Waals surface area (Å²) in [5.41, 5.74) is 2.35. The van der Waals surface area contributed by atoms with Gasteiger partial charge >= 0.3 is 0 Å². The molecule has 4 heterocycles. The minimum atomic E-state index is -0.0356. The van der Waals surface area contributed by atoms with E-state index in [9.17, 15) is 9.59 Å². The fourth-order valence-corrected chi connectivity index (χ4v) is 4.43. The van der Waals surface area contributed by atoms with Crippen molar-refractivity contribution in [1.29, 1.82) is 0 Å². The van der Waals surface area contributed by atoms with Crippen LogP contribution < -0.4 is 4.90 Å². The van der Waals surface area contributed by atoms with Crippen LogP contribution in [0.4, 0.5) is 5.69 Å². The maximum absolute atomic E-state index is 12.9. The number of hydrogen-bond donors (Lipinski definition) is 0. The van der Waals surface area contributed by atoms with Crippen LogP contribution in [-0.4, -0.2) is 51.3 Å². The van der Waals surface area contributed by atoms with E-state index in [1.807, 2.05) is 15.8 Å². The van der Waals surface area contributed by atoms with Gasteiger partial charge in [-0.2, -0.15) is 5.10 Å². The minimum absolute atomic E-state index is 0.0356. The molecule has 8 heteroatoms. The third-order valence-electron chi connectivity index (χ3n) is 5.95. The Labute approximate surface area is 157 Å². The molecule has 27 heavy (non-hydrogen) atoms. The smallest absolute Gasteiger partial charge is 0.276 e. The van der Waals surface area contributed by atoms with Crippen molar-refractivity contribution in [1.82, 2.24) is 19.8 Å². The first-order valence-electron chi connectivity index (χ1n) is 9.82. The van der Waals surface area contributed by atoms with Gasteiger partial charge in [-0.15, -0.1) is 0 Å². The van der Waals surface area contributed by atoms with Gasteiger partial charge in [0.15, 0.2) is 5.69 Å². The SMILES string of the molecule is O=C(c1noc2c1CCCC2)N1CCC(n2cc(N3CCCC3=O)cn2)C1. The van der Waals surface area contributed by atoms with Crippen molar-refractivity contribution in [2.24, 2.45) is 0 Å². The van der Waals surface area contributed by atoms with Gasteiger partial charge in [0, 0.05) is 44.2 Å². The highest BCUT2D eigenvalue weighted by Gasteiger charge is 2.33. The highest BCUT2D eigenvalue weighted by molar-refractivity contribution is 5.95. The Balaban J connectivity index is 1.29. The zero-order valence-corrected chi connectivity index (χ0v) is 15.3. The number of anilines is 1. The molecule has 2 aromatic heterocycles. The second-order valence-corrected chi connectivity index (χ2v) is 7.66. The van der Waals surface area contributed by atoms with Crippen LogP contribution >= 0.6 is 0 Å². The Morgan fingerprint density at radius 3 is 2.89 bits per heavy atom. The molecule has 2 aromatic rings. The van der Waals surface area contributed by atoms with Crippen molar-refractivity contribution in [3.05, 3.63) is 29.4 Å². The van der Waals surface area contributed by atoms with Crippen LogP contribution in [0.5, 0.6) is 0 Å². The standard InChI is InChI=1S/C19H23N5O3/c25-17-6-3-8-23(17)14-10-20-24(12-14)13-7-9-22(11-13)19(26)18-15-4-1-2-5-16(15)27-21-18/h10,12-13H,1-9,11H2. The zero-order chi connectivity index (χ0) is 18.4. The van der Waals surface area contributed by atoms with Gasteiger partial charge in [-0.3, -0.25) is 14.3 Å². The summed E-state index contributed by atoms with van der Waals surface area (Å²) >= 11 is 0. The lowest BCUT2D eigenvalue weighted by atomic mass is 9.96. The molecule has 1 unspecified atom stereocenters. The van der Waals surface area contributed by atoms with E-state index >= 15 is 0 Å². The summed E-state index contributed by atoms with van der Waals surface area (Å²) in [4.78, 5) is 28.5. The first-order valence-corrected chi connectivity index (χ1v) is 9.82. The van der Waals surface area contributed by atoms with Crippen molar-refractivity contribution in [2.45, 2.75) is 51.0 Å². The second kappa shape index (κ2) is 6.51. The van der Waals surface area contributed by atoms with Crippen molar-refractivity contribution in [3.8, 4) is 0 Å². The zero-order valence-electron chi connectivity index (χ0n) is 15.3. The number of likely N-dealkylation sites (tertiary alicyclic amines) is 1. The molecule has 3 aliphatic rings. The molecule has 5 rings (SSSR count). The third-order valence-corrected chi connectivity index (χ3v) is 5.95. The Kier molecular flexibility index (Phi) is 3.98. The molecule has 1 aliphatic carbocycles. The maximum atomic E-state index is 12.9. The highest BCUT2D eigenvalue weighted by Crippen LogP contribution is 2.29. The van der Waals surface area contributed by atoms with E-state index in [0.717, 1.165) is 62.1 Å². The van der Waals surface area contributed by atoms with Crippen LogP contribution in [-0.2, 0) is 17.6 Å².